The molecular weight excluding hydrogens is 400 g/mol. The fourth-order valence-electron chi connectivity index (χ4n) is 2.24. The summed E-state index contributed by atoms with van der Waals surface area (Å²) >= 11 is 0. The zero-order chi connectivity index (χ0) is 21.8. The number of ether oxygens (including phenoxy) is 1. The smallest absolute Gasteiger partial charge is 0.423 e. The zero-order valence-electron chi connectivity index (χ0n) is 15.0. The van der Waals surface area contributed by atoms with Crippen molar-refractivity contribution < 1.29 is 37.1 Å². The number of carbonyl (C=O) groups is 1. The Hall–Kier alpha value is -3.21. The van der Waals surface area contributed by atoms with Crippen LogP contribution in [0.5, 0.6) is 5.75 Å². The second-order valence-electron chi connectivity index (χ2n) is 6.40. The minimum absolute atomic E-state index is 0.216. The summed E-state index contributed by atoms with van der Waals surface area (Å²) in [6.07, 6.45) is -5.00. The highest BCUT2D eigenvalue weighted by molar-refractivity contribution is 5.95. The van der Waals surface area contributed by atoms with Gasteiger partial charge in [0.15, 0.2) is 0 Å². The quantitative estimate of drug-likeness (QED) is 0.407. The molecule has 2 aromatic carbocycles. The van der Waals surface area contributed by atoms with Gasteiger partial charge in [-0.05, 0) is 43.3 Å². The summed E-state index contributed by atoms with van der Waals surface area (Å²) in [5.41, 5.74) is -4.57. The average molecular weight is 416 g/mol. The Bertz CT molecular complexity index is 902. The van der Waals surface area contributed by atoms with Crippen molar-refractivity contribution >= 4 is 17.3 Å². The van der Waals surface area contributed by atoms with Crippen molar-refractivity contribution in [1.82, 2.24) is 0 Å². The topological polar surface area (TPSA) is 102 Å². The molecule has 0 fully saturated rings. The predicted octanol–water partition coefficient (Wildman–Crippen LogP) is 3.77. The largest absolute Gasteiger partial charge is 0.492 e. The SMILES string of the molecule is CC(CO)(COc1ccc(F)cc1)C(=O)Nc1ccc([N+](=O)[O-])c(C(F)(F)F)c1. The minimum Gasteiger partial charge on any atom is -0.492 e. The first kappa shape index (κ1) is 22.1. The van der Waals surface area contributed by atoms with Crippen molar-refractivity contribution in [3.63, 3.8) is 0 Å². The molecule has 0 saturated carbocycles. The second-order valence-corrected chi connectivity index (χ2v) is 6.40. The first-order valence-electron chi connectivity index (χ1n) is 8.12. The van der Waals surface area contributed by atoms with E-state index in [1.54, 1.807) is 0 Å². The van der Waals surface area contributed by atoms with Crippen LogP contribution in [0.25, 0.3) is 0 Å². The van der Waals surface area contributed by atoms with Gasteiger partial charge in [-0.3, -0.25) is 14.9 Å². The molecule has 2 N–H and O–H groups in total. The number of carbonyl (C=O) groups excluding carboxylic acids is 1. The van der Waals surface area contributed by atoms with Gasteiger partial charge in [-0.1, -0.05) is 0 Å². The highest BCUT2D eigenvalue weighted by Crippen LogP contribution is 2.37. The van der Waals surface area contributed by atoms with E-state index in [4.69, 9.17) is 4.74 Å². The molecule has 2 aromatic rings. The third-order valence-electron chi connectivity index (χ3n) is 4.02. The van der Waals surface area contributed by atoms with Crippen LogP contribution in [0.1, 0.15) is 12.5 Å². The number of amides is 1. The molecule has 0 spiro atoms. The standard InChI is InChI=1S/C18H16F4N2O5/c1-17(9-25,10-29-13-5-2-11(19)3-6-13)16(26)23-12-4-7-15(24(27)28)14(8-12)18(20,21)22/h2-8,25H,9-10H2,1H3,(H,23,26). The van der Waals surface area contributed by atoms with E-state index in [0.29, 0.717) is 12.1 Å². The monoisotopic (exact) mass is 416 g/mol. The number of anilines is 1. The van der Waals surface area contributed by atoms with Crippen LogP contribution in [0.15, 0.2) is 42.5 Å². The van der Waals surface area contributed by atoms with Crippen molar-refractivity contribution in [2.24, 2.45) is 5.41 Å². The number of benzene rings is 2. The summed E-state index contributed by atoms with van der Waals surface area (Å²) < 4.78 is 57.4. The molecule has 0 bridgehead atoms. The Balaban J connectivity index is 2.19. The number of nitro groups is 1. The van der Waals surface area contributed by atoms with E-state index in [1.165, 1.54) is 19.1 Å². The highest BCUT2D eigenvalue weighted by atomic mass is 19.4. The number of halogens is 4. The third-order valence-corrected chi connectivity index (χ3v) is 4.02. The molecule has 0 saturated heterocycles. The molecule has 11 heteroatoms. The van der Waals surface area contributed by atoms with E-state index >= 15 is 0 Å². The average Bonchev–Trinajstić information content (AvgIpc) is 2.66. The number of aliphatic hydroxyl groups is 1. The van der Waals surface area contributed by atoms with Crippen molar-refractivity contribution in [1.29, 1.82) is 0 Å². The van der Waals surface area contributed by atoms with Crippen molar-refractivity contribution in [2.75, 3.05) is 18.5 Å². The van der Waals surface area contributed by atoms with Crippen LogP contribution in [-0.4, -0.2) is 29.2 Å². The Labute approximate surface area is 162 Å². The second kappa shape index (κ2) is 8.43. The summed E-state index contributed by atoms with van der Waals surface area (Å²) in [5, 5.41) is 22.6. The summed E-state index contributed by atoms with van der Waals surface area (Å²) in [5.74, 6) is -1.16. The third kappa shape index (κ3) is 5.41. The van der Waals surface area contributed by atoms with Gasteiger partial charge in [0.2, 0.25) is 5.91 Å². The van der Waals surface area contributed by atoms with Crippen LogP contribution in [0.3, 0.4) is 0 Å². The lowest BCUT2D eigenvalue weighted by Crippen LogP contribution is -2.41. The first-order chi connectivity index (χ1) is 13.5. The lowest BCUT2D eigenvalue weighted by Gasteiger charge is -2.26. The molecule has 1 atom stereocenters. The van der Waals surface area contributed by atoms with Gasteiger partial charge >= 0.3 is 6.18 Å². The number of nitrogens with one attached hydrogen (secondary N) is 1. The molecule has 0 aliphatic heterocycles. The zero-order valence-corrected chi connectivity index (χ0v) is 15.0. The number of aliphatic hydroxyl groups excluding tert-OH is 1. The van der Waals surface area contributed by atoms with E-state index in [-0.39, 0.29) is 18.0 Å². The molecular formula is C18H16F4N2O5. The normalized spacial score (nSPS) is 13.4. The lowest BCUT2D eigenvalue weighted by atomic mass is 9.91. The Morgan fingerprint density at radius 2 is 1.83 bits per heavy atom. The first-order valence-corrected chi connectivity index (χ1v) is 8.12. The number of nitrogens with zero attached hydrogens (tertiary/aromatic N) is 1. The van der Waals surface area contributed by atoms with E-state index < -0.39 is 46.1 Å². The maximum absolute atomic E-state index is 13.1. The summed E-state index contributed by atoms with van der Waals surface area (Å²) in [4.78, 5) is 22.1. The molecule has 0 aliphatic rings. The minimum atomic E-state index is -5.00. The van der Waals surface area contributed by atoms with E-state index in [9.17, 15) is 37.6 Å². The van der Waals surface area contributed by atoms with Crippen LogP contribution >= 0.6 is 0 Å². The number of rotatable bonds is 7. The van der Waals surface area contributed by atoms with Gasteiger partial charge in [-0.2, -0.15) is 13.2 Å². The van der Waals surface area contributed by atoms with Crippen molar-refractivity contribution in [3.05, 3.63) is 64.0 Å². The summed E-state index contributed by atoms with van der Waals surface area (Å²) in [7, 11) is 0. The van der Waals surface area contributed by atoms with Crippen molar-refractivity contribution in [2.45, 2.75) is 13.1 Å². The summed E-state index contributed by atoms with van der Waals surface area (Å²) in [6.45, 7) is 0.237. The number of hydrogen-bond acceptors (Lipinski definition) is 5. The number of nitro benzene ring substituents is 1. The van der Waals surface area contributed by atoms with Crippen LogP contribution in [0, 0.1) is 21.3 Å². The molecule has 7 nitrogen and oxygen atoms in total. The van der Waals surface area contributed by atoms with Gasteiger partial charge in [0.25, 0.3) is 5.69 Å². The molecule has 0 aromatic heterocycles. The molecule has 2 rings (SSSR count). The number of hydrogen-bond donors (Lipinski definition) is 2. The molecule has 0 aliphatic carbocycles. The summed E-state index contributed by atoms with van der Waals surface area (Å²) in [6, 6.07) is 6.87. The maximum atomic E-state index is 13.1. The molecule has 1 unspecified atom stereocenters. The molecule has 156 valence electrons. The predicted molar refractivity (Wildman–Crippen MR) is 93.8 cm³/mol. The van der Waals surface area contributed by atoms with E-state index in [2.05, 4.69) is 5.32 Å². The van der Waals surface area contributed by atoms with Gasteiger partial charge in [0.1, 0.15) is 29.2 Å². The maximum Gasteiger partial charge on any atom is 0.423 e. The Morgan fingerprint density at radius 1 is 1.21 bits per heavy atom. The van der Waals surface area contributed by atoms with Crippen LogP contribution in [-0.2, 0) is 11.0 Å². The fourth-order valence-corrected chi connectivity index (χ4v) is 2.24. The van der Waals surface area contributed by atoms with Gasteiger partial charge in [-0.15, -0.1) is 0 Å². The van der Waals surface area contributed by atoms with Gasteiger partial charge in [-0.25, -0.2) is 4.39 Å². The molecule has 1 amide bonds. The molecule has 0 radical (unpaired) electrons. The fraction of sp³-hybridized carbons (Fsp3) is 0.278. The van der Waals surface area contributed by atoms with Crippen molar-refractivity contribution in [3.8, 4) is 5.75 Å². The highest BCUT2D eigenvalue weighted by Gasteiger charge is 2.39. The van der Waals surface area contributed by atoms with Gasteiger partial charge in [0.05, 0.1) is 11.5 Å². The Morgan fingerprint density at radius 3 is 2.34 bits per heavy atom. The van der Waals surface area contributed by atoms with Crippen LogP contribution < -0.4 is 10.1 Å². The van der Waals surface area contributed by atoms with Crippen LogP contribution in [0.2, 0.25) is 0 Å². The van der Waals surface area contributed by atoms with Gasteiger partial charge in [0, 0.05) is 11.8 Å². The molecule has 29 heavy (non-hydrogen) atoms. The number of alkyl halides is 3. The lowest BCUT2D eigenvalue weighted by molar-refractivity contribution is -0.388. The van der Waals surface area contributed by atoms with E-state index in [1.807, 2.05) is 0 Å². The van der Waals surface area contributed by atoms with E-state index in [0.717, 1.165) is 18.2 Å². The molecule has 0 heterocycles. The van der Waals surface area contributed by atoms with Gasteiger partial charge < -0.3 is 15.2 Å². The van der Waals surface area contributed by atoms with Crippen LogP contribution in [0.4, 0.5) is 28.9 Å². The Kier molecular flexibility index (Phi) is 6.42.